The van der Waals surface area contributed by atoms with Gasteiger partial charge in [0.05, 0.1) is 5.69 Å². The molecule has 0 bridgehead atoms. The minimum absolute atomic E-state index is 0.149. The van der Waals surface area contributed by atoms with Crippen LogP contribution in [-0.4, -0.2) is 26.9 Å². The molecule has 0 aromatic carbocycles. The maximum Gasteiger partial charge on any atom is 0.265 e. The Labute approximate surface area is 105 Å². The molecule has 0 saturated carbocycles. The summed E-state index contributed by atoms with van der Waals surface area (Å²) in [6.07, 6.45) is 0. The first-order valence-electron chi connectivity index (χ1n) is 5.08. The molecular weight excluding hydrogens is 246 g/mol. The largest absolute Gasteiger partial charge is 0.345 e. The van der Waals surface area contributed by atoms with Crippen molar-refractivity contribution in [2.24, 2.45) is 0 Å². The highest BCUT2D eigenvalue weighted by molar-refractivity contribution is 7.08. The lowest BCUT2D eigenvalue weighted by Gasteiger charge is -2.22. The first-order chi connectivity index (χ1) is 7.37. The molecule has 4 nitrogen and oxygen atoms in total. The van der Waals surface area contributed by atoms with E-state index in [1.165, 1.54) is 0 Å². The molecular formula is C10H16ClN3OS. The van der Waals surface area contributed by atoms with Crippen molar-refractivity contribution in [2.45, 2.75) is 39.2 Å². The Morgan fingerprint density at radius 3 is 2.69 bits per heavy atom. The summed E-state index contributed by atoms with van der Waals surface area (Å²) in [6.45, 7) is 7.73. The Balaban J connectivity index is 2.85. The van der Waals surface area contributed by atoms with E-state index in [0.717, 1.165) is 17.2 Å². The molecule has 0 aliphatic carbocycles. The molecule has 0 aliphatic rings. The van der Waals surface area contributed by atoms with Gasteiger partial charge in [-0.2, -0.15) is 0 Å². The van der Waals surface area contributed by atoms with Crippen LogP contribution in [0.3, 0.4) is 0 Å². The summed E-state index contributed by atoms with van der Waals surface area (Å²) in [5.41, 5.74) is 0.324. The van der Waals surface area contributed by atoms with Crippen LogP contribution in [-0.2, 0) is 0 Å². The quantitative estimate of drug-likeness (QED) is 0.847. The molecule has 0 unspecified atom stereocenters. The molecule has 0 fully saturated rings. The van der Waals surface area contributed by atoms with Crippen LogP contribution in [0, 0.1) is 0 Å². The van der Waals surface area contributed by atoms with E-state index in [4.69, 9.17) is 11.6 Å². The highest BCUT2D eigenvalue weighted by Crippen LogP contribution is 2.20. The summed E-state index contributed by atoms with van der Waals surface area (Å²) >= 11 is 6.88. The van der Waals surface area contributed by atoms with E-state index < -0.39 is 5.54 Å². The van der Waals surface area contributed by atoms with E-state index in [0.29, 0.717) is 10.8 Å². The zero-order chi connectivity index (χ0) is 12.3. The van der Waals surface area contributed by atoms with Gasteiger partial charge < -0.3 is 5.32 Å². The van der Waals surface area contributed by atoms with Crippen LogP contribution in [0.4, 0.5) is 0 Å². The zero-order valence-corrected chi connectivity index (χ0v) is 11.4. The first kappa shape index (κ1) is 13.4. The van der Waals surface area contributed by atoms with E-state index in [1.807, 2.05) is 27.7 Å². The van der Waals surface area contributed by atoms with Crippen molar-refractivity contribution in [3.8, 4) is 0 Å². The number of hydrogen-bond acceptors (Lipinski definition) is 4. The van der Waals surface area contributed by atoms with E-state index in [9.17, 15) is 4.79 Å². The number of carbonyl (C=O) groups excluding carboxylic acids is 1. The van der Waals surface area contributed by atoms with Gasteiger partial charge in [-0.05, 0) is 31.3 Å². The molecule has 1 heterocycles. The Kier molecular flexibility index (Phi) is 4.27. The first-order valence-corrected chi connectivity index (χ1v) is 6.39. The fourth-order valence-corrected chi connectivity index (χ4v) is 1.91. The molecule has 0 radical (unpaired) electrons. The van der Waals surface area contributed by atoms with Crippen LogP contribution >= 0.6 is 23.1 Å². The van der Waals surface area contributed by atoms with Gasteiger partial charge in [0.1, 0.15) is 4.88 Å². The van der Waals surface area contributed by atoms with Crippen molar-refractivity contribution in [1.82, 2.24) is 14.9 Å². The number of amides is 1. The smallest absolute Gasteiger partial charge is 0.265 e. The van der Waals surface area contributed by atoms with Crippen LogP contribution in [0.1, 0.15) is 49.0 Å². The van der Waals surface area contributed by atoms with Gasteiger partial charge >= 0.3 is 0 Å². The Morgan fingerprint density at radius 2 is 2.19 bits per heavy atom. The third kappa shape index (κ3) is 3.15. The van der Waals surface area contributed by atoms with Crippen molar-refractivity contribution in [3.63, 3.8) is 0 Å². The summed E-state index contributed by atoms with van der Waals surface area (Å²) in [5, 5.41) is 6.83. The number of aromatic nitrogens is 2. The number of hydrogen-bond donors (Lipinski definition) is 1. The predicted octanol–water partition coefficient (Wildman–Crippen LogP) is 2.41. The van der Waals surface area contributed by atoms with E-state index in [2.05, 4.69) is 14.9 Å². The van der Waals surface area contributed by atoms with Gasteiger partial charge in [0.25, 0.3) is 5.91 Å². The second kappa shape index (κ2) is 5.10. The number of rotatable bonds is 4. The van der Waals surface area contributed by atoms with Crippen molar-refractivity contribution >= 4 is 29.0 Å². The number of nitrogens with one attached hydrogen (secondary N) is 1. The molecule has 6 heteroatoms. The molecule has 0 aliphatic heterocycles. The van der Waals surface area contributed by atoms with Crippen LogP contribution < -0.4 is 5.32 Å². The topological polar surface area (TPSA) is 54.9 Å². The van der Waals surface area contributed by atoms with E-state index >= 15 is 0 Å². The average Bonchev–Trinajstić information content (AvgIpc) is 2.65. The second-order valence-corrected chi connectivity index (χ2v) is 5.64. The molecule has 1 aromatic rings. The Bertz CT molecular complexity index is 376. The van der Waals surface area contributed by atoms with Gasteiger partial charge in [0.15, 0.2) is 0 Å². The van der Waals surface area contributed by atoms with E-state index in [1.54, 1.807) is 0 Å². The summed E-state index contributed by atoms with van der Waals surface area (Å²) < 4.78 is 3.82. The molecule has 1 rings (SSSR count). The maximum absolute atomic E-state index is 12.0. The Morgan fingerprint density at radius 1 is 1.56 bits per heavy atom. The number of halogens is 1. The summed E-state index contributed by atoms with van der Waals surface area (Å²) in [6, 6.07) is 0. The average molecular weight is 262 g/mol. The fraction of sp³-hybridized carbons (Fsp3) is 0.700. The normalized spacial score (nSPS) is 11.9. The molecule has 1 N–H and O–H groups in total. The minimum Gasteiger partial charge on any atom is -0.345 e. The number of nitrogens with zero attached hydrogens (tertiary/aromatic N) is 2. The van der Waals surface area contributed by atoms with Crippen molar-refractivity contribution in [1.29, 1.82) is 0 Å². The number of carbonyl (C=O) groups is 1. The standard InChI is InChI=1S/C10H16ClN3OS/c1-6(2)7-8(16-14-13-7)9(15)12-10(3,4)5-11/h6H,5H2,1-4H3,(H,12,15). The van der Waals surface area contributed by atoms with Gasteiger partial charge in [0, 0.05) is 11.4 Å². The van der Waals surface area contributed by atoms with Crippen LogP contribution in [0.5, 0.6) is 0 Å². The monoisotopic (exact) mass is 261 g/mol. The van der Waals surface area contributed by atoms with Crippen LogP contribution in [0.25, 0.3) is 0 Å². The van der Waals surface area contributed by atoms with Gasteiger partial charge in [-0.15, -0.1) is 16.7 Å². The van der Waals surface area contributed by atoms with Crippen LogP contribution in [0.15, 0.2) is 0 Å². The lowest BCUT2D eigenvalue weighted by atomic mass is 10.1. The van der Waals surface area contributed by atoms with Gasteiger partial charge in [-0.1, -0.05) is 18.3 Å². The lowest BCUT2D eigenvalue weighted by Crippen LogP contribution is -2.44. The summed E-state index contributed by atoms with van der Waals surface area (Å²) in [5.74, 6) is 0.407. The maximum atomic E-state index is 12.0. The second-order valence-electron chi connectivity index (χ2n) is 4.61. The highest BCUT2D eigenvalue weighted by atomic mass is 35.5. The molecule has 0 spiro atoms. The van der Waals surface area contributed by atoms with Crippen LogP contribution in [0.2, 0.25) is 0 Å². The molecule has 0 saturated heterocycles. The van der Waals surface area contributed by atoms with Gasteiger partial charge in [-0.3, -0.25) is 4.79 Å². The van der Waals surface area contributed by atoms with Gasteiger partial charge in [-0.25, -0.2) is 0 Å². The summed E-state index contributed by atoms with van der Waals surface area (Å²) in [4.78, 5) is 12.5. The molecule has 90 valence electrons. The van der Waals surface area contributed by atoms with Crippen molar-refractivity contribution < 1.29 is 4.79 Å². The van der Waals surface area contributed by atoms with E-state index in [-0.39, 0.29) is 11.8 Å². The molecule has 1 amide bonds. The highest BCUT2D eigenvalue weighted by Gasteiger charge is 2.24. The third-order valence-electron chi connectivity index (χ3n) is 2.05. The number of alkyl halides is 1. The zero-order valence-electron chi connectivity index (χ0n) is 9.87. The van der Waals surface area contributed by atoms with Gasteiger partial charge in [0.2, 0.25) is 0 Å². The molecule has 0 atom stereocenters. The minimum atomic E-state index is -0.420. The van der Waals surface area contributed by atoms with Crippen molar-refractivity contribution in [2.75, 3.05) is 5.88 Å². The fourth-order valence-electron chi connectivity index (χ4n) is 1.13. The Hall–Kier alpha value is -0.680. The summed E-state index contributed by atoms with van der Waals surface area (Å²) in [7, 11) is 0. The third-order valence-corrected chi connectivity index (χ3v) is 3.46. The molecule has 16 heavy (non-hydrogen) atoms. The lowest BCUT2D eigenvalue weighted by molar-refractivity contribution is 0.0923. The SMILES string of the molecule is CC(C)c1nnsc1C(=O)NC(C)(C)CCl. The molecule has 1 aromatic heterocycles. The van der Waals surface area contributed by atoms with Crippen molar-refractivity contribution in [3.05, 3.63) is 10.6 Å². The predicted molar refractivity (Wildman–Crippen MR) is 66.3 cm³/mol.